The monoisotopic (exact) mass is 233 g/mol. The number of ether oxygens (including phenoxy) is 1. The van der Waals surface area contributed by atoms with Gasteiger partial charge in [-0.15, -0.1) is 0 Å². The molecule has 0 amide bonds. The molecule has 2 nitrogen and oxygen atoms in total. The van der Waals surface area contributed by atoms with Crippen LogP contribution in [0.1, 0.15) is 49.8 Å². The Labute approximate surface area is 104 Å². The molecule has 0 aromatic heterocycles. The lowest BCUT2D eigenvalue weighted by molar-refractivity contribution is 0.408. The third-order valence-electron chi connectivity index (χ3n) is 3.59. The van der Waals surface area contributed by atoms with Crippen molar-refractivity contribution in [2.75, 3.05) is 13.7 Å². The molecule has 1 N–H and O–H groups in total. The van der Waals surface area contributed by atoms with Gasteiger partial charge in [-0.1, -0.05) is 19.4 Å². The highest BCUT2D eigenvalue weighted by molar-refractivity contribution is 5.39. The number of aryl methyl sites for hydroxylation is 1. The number of methoxy groups -OCH3 is 1. The first kappa shape index (κ1) is 12.4. The van der Waals surface area contributed by atoms with E-state index in [2.05, 4.69) is 30.4 Å². The maximum atomic E-state index is 5.33. The summed E-state index contributed by atoms with van der Waals surface area (Å²) >= 11 is 0. The highest BCUT2D eigenvalue weighted by Crippen LogP contribution is 2.32. The maximum Gasteiger partial charge on any atom is 0.119 e. The zero-order valence-corrected chi connectivity index (χ0v) is 11.0. The zero-order valence-electron chi connectivity index (χ0n) is 11.0. The lowest BCUT2D eigenvalue weighted by atomic mass is 9.87. The quantitative estimate of drug-likeness (QED) is 0.786. The van der Waals surface area contributed by atoms with E-state index in [0.29, 0.717) is 6.04 Å². The second-order valence-electron chi connectivity index (χ2n) is 4.82. The molecule has 1 unspecified atom stereocenters. The van der Waals surface area contributed by atoms with E-state index >= 15 is 0 Å². The van der Waals surface area contributed by atoms with Gasteiger partial charge >= 0.3 is 0 Å². The highest BCUT2D eigenvalue weighted by atomic mass is 16.5. The Morgan fingerprint density at radius 3 is 3.06 bits per heavy atom. The Morgan fingerprint density at radius 1 is 1.41 bits per heavy atom. The van der Waals surface area contributed by atoms with Crippen molar-refractivity contribution in [3.8, 4) is 5.75 Å². The fourth-order valence-corrected chi connectivity index (χ4v) is 2.57. The molecular weight excluding hydrogens is 210 g/mol. The molecule has 1 aliphatic carbocycles. The van der Waals surface area contributed by atoms with Crippen LogP contribution in [0.15, 0.2) is 18.2 Å². The SMILES string of the molecule is CCCCNC1CCCc2ccc(OC)cc21. The standard InChI is InChI=1S/C15H23NO/c1-3-4-10-16-15-7-5-6-12-8-9-13(17-2)11-14(12)15/h8-9,11,15-16H,3-7,10H2,1-2H3. The first-order valence-corrected chi connectivity index (χ1v) is 6.75. The minimum absolute atomic E-state index is 0.528. The predicted molar refractivity (Wildman–Crippen MR) is 71.6 cm³/mol. The normalized spacial score (nSPS) is 18.8. The van der Waals surface area contributed by atoms with Crippen LogP contribution in [-0.2, 0) is 6.42 Å². The molecule has 94 valence electrons. The molecule has 0 saturated carbocycles. The summed E-state index contributed by atoms with van der Waals surface area (Å²) in [6.07, 6.45) is 6.28. The van der Waals surface area contributed by atoms with Gasteiger partial charge in [-0.3, -0.25) is 0 Å². The van der Waals surface area contributed by atoms with Gasteiger partial charge in [0.2, 0.25) is 0 Å². The maximum absolute atomic E-state index is 5.33. The number of nitrogens with one attached hydrogen (secondary N) is 1. The van der Waals surface area contributed by atoms with Crippen molar-refractivity contribution in [2.45, 2.75) is 45.1 Å². The van der Waals surface area contributed by atoms with Gasteiger partial charge in [-0.05, 0) is 55.5 Å². The Balaban J connectivity index is 2.11. The van der Waals surface area contributed by atoms with E-state index in [1.54, 1.807) is 7.11 Å². The molecule has 0 spiro atoms. The summed E-state index contributed by atoms with van der Waals surface area (Å²) in [5, 5.41) is 3.67. The topological polar surface area (TPSA) is 21.3 Å². The zero-order chi connectivity index (χ0) is 12.1. The Morgan fingerprint density at radius 2 is 2.29 bits per heavy atom. The van der Waals surface area contributed by atoms with Crippen molar-refractivity contribution < 1.29 is 4.74 Å². The molecule has 0 bridgehead atoms. The summed E-state index contributed by atoms with van der Waals surface area (Å²) in [6, 6.07) is 7.04. The molecular formula is C15H23NO. The molecule has 17 heavy (non-hydrogen) atoms. The average Bonchev–Trinajstić information content (AvgIpc) is 2.39. The molecule has 0 radical (unpaired) electrons. The van der Waals surface area contributed by atoms with Crippen LogP contribution < -0.4 is 10.1 Å². The molecule has 1 atom stereocenters. The van der Waals surface area contributed by atoms with E-state index in [4.69, 9.17) is 4.74 Å². The molecule has 0 saturated heterocycles. The van der Waals surface area contributed by atoms with Crippen LogP contribution in [0.25, 0.3) is 0 Å². The van der Waals surface area contributed by atoms with E-state index in [1.165, 1.54) is 43.2 Å². The van der Waals surface area contributed by atoms with Gasteiger partial charge in [-0.25, -0.2) is 0 Å². The molecule has 0 heterocycles. The number of hydrogen-bond donors (Lipinski definition) is 1. The smallest absolute Gasteiger partial charge is 0.119 e. The van der Waals surface area contributed by atoms with Crippen LogP contribution in [-0.4, -0.2) is 13.7 Å². The van der Waals surface area contributed by atoms with E-state index in [9.17, 15) is 0 Å². The van der Waals surface area contributed by atoms with Crippen LogP contribution in [0.3, 0.4) is 0 Å². The molecule has 1 aliphatic rings. The van der Waals surface area contributed by atoms with Crippen molar-refractivity contribution in [3.63, 3.8) is 0 Å². The van der Waals surface area contributed by atoms with Crippen LogP contribution in [0.5, 0.6) is 5.75 Å². The fourth-order valence-electron chi connectivity index (χ4n) is 2.57. The fraction of sp³-hybridized carbons (Fsp3) is 0.600. The second kappa shape index (κ2) is 6.06. The molecule has 0 aliphatic heterocycles. The van der Waals surface area contributed by atoms with Crippen molar-refractivity contribution >= 4 is 0 Å². The van der Waals surface area contributed by atoms with Crippen LogP contribution in [0, 0.1) is 0 Å². The number of hydrogen-bond acceptors (Lipinski definition) is 2. The van der Waals surface area contributed by atoms with Gasteiger partial charge in [0.1, 0.15) is 5.75 Å². The average molecular weight is 233 g/mol. The van der Waals surface area contributed by atoms with E-state index in [0.717, 1.165) is 12.3 Å². The second-order valence-corrected chi connectivity index (χ2v) is 4.82. The summed E-state index contributed by atoms with van der Waals surface area (Å²) < 4.78 is 5.33. The van der Waals surface area contributed by atoms with Crippen molar-refractivity contribution in [1.29, 1.82) is 0 Å². The van der Waals surface area contributed by atoms with Crippen molar-refractivity contribution in [1.82, 2.24) is 5.32 Å². The van der Waals surface area contributed by atoms with Gasteiger partial charge in [0, 0.05) is 6.04 Å². The third-order valence-corrected chi connectivity index (χ3v) is 3.59. The van der Waals surface area contributed by atoms with E-state index in [1.807, 2.05) is 0 Å². The minimum atomic E-state index is 0.528. The summed E-state index contributed by atoms with van der Waals surface area (Å²) in [5.41, 5.74) is 2.94. The van der Waals surface area contributed by atoms with Crippen LogP contribution >= 0.6 is 0 Å². The van der Waals surface area contributed by atoms with Crippen molar-refractivity contribution in [2.24, 2.45) is 0 Å². The van der Waals surface area contributed by atoms with Gasteiger partial charge in [-0.2, -0.15) is 0 Å². The summed E-state index contributed by atoms with van der Waals surface area (Å²) in [7, 11) is 1.74. The van der Waals surface area contributed by atoms with E-state index in [-0.39, 0.29) is 0 Å². The van der Waals surface area contributed by atoms with Gasteiger partial charge in [0.05, 0.1) is 7.11 Å². The molecule has 2 heteroatoms. The number of benzene rings is 1. The lowest BCUT2D eigenvalue weighted by Crippen LogP contribution is -2.26. The van der Waals surface area contributed by atoms with Gasteiger partial charge in [0.15, 0.2) is 0 Å². The molecule has 0 fully saturated rings. The molecule has 2 rings (SSSR count). The predicted octanol–water partition coefficient (Wildman–Crippen LogP) is 3.46. The Hall–Kier alpha value is -1.02. The molecule has 1 aromatic carbocycles. The largest absolute Gasteiger partial charge is 0.497 e. The summed E-state index contributed by atoms with van der Waals surface area (Å²) in [5.74, 6) is 0.980. The number of rotatable bonds is 5. The van der Waals surface area contributed by atoms with Gasteiger partial charge in [0.25, 0.3) is 0 Å². The van der Waals surface area contributed by atoms with Crippen LogP contribution in [0.2, 0.25) is 0 Å². The third kappa shape index (κ3) is 3.01. The van der Waals surface area contributed by atoms with Gasteiger partial charge < -0.3 is 10.1 Å². The molecule has 1 aromatic rings. The number of fused-ring (bicyclic) bond motifs is 1. The highest BCUT2D eigenvalue weighted by Gasteiger charge is 2.19. The van der Waals surface area contributed by atoms with Crippen LogP contribution in [0.4, 0.5) is 0 Å². The van der Waals surface area contributed by atoms with E-state index < -0.39 is 0 Å². The summed E-state index contributed by atoms with van der Waals surface area (Å²) in [6.45, 7) is 3.36. The number of unbranched alkanes of at least 4 members (excludes halogenated alkanes) is 1. The first-order chi connectivity index (χ1) is 8.35. The Kier molecular flexibility index (Phi) is 4.43. The van der Waals surface area contributed by atoms with Crippen molar-refractivity contribution in [3.05, 3.63) is 29.3 Å². The Bertz CT molecular complexity index is 362. The lowest BCUT2D eigenvalue weighted by Gasteiger charge is -2.27. The first-order valence-electron chi connectivity index (χ1n) is 6.75. The summed E-state index contributed by atoms with van der Waals surface area (Å²) in [4.78, 5) is 0. The minimum Gasteiger partial charge on any atom is -0.497 e.